The molecule has 19 heavy (non-hydrogen) atoms. The van der Waals surface area contributed by atoms with Gasteiger partial charge in [-0.1, -0.05) is 25.1 Å². The molecule has 106 valence electrons. The van der Waals surface area contributed by atoms with Gasteiger partial charge in [0, 0.05) is 13.1 Å². The fraction of sp³-hybridized carbons (Fsp3) is 0.647. The number of nitrogens with zero attached hydrogens (tertiary/aromatic N) is 1. The summed E-state index contributed by atoms with van der Waals surface area (Å²) in [6.07, 6.45) is 3.18. The lowest BCUT2D eigenvalue weighted by atomic mass is 9.98. The summed E-state index contributed by atoms with van der Waals surface area (Å²) < 4.78 is 0. The van der Waals surface area contributed by atoms with E-state index in [1.54, 1.807) is 0 Å². The Hall–Kier alpha value is -0.860. The molecule has 0 radical (unpaired) electrons. The molecule has 1 saturated heterocycles. The molecule has 2 nitrogen and oxygen atoms in total. The molecule has 1 heterocycles. The van der Waals surface area contributed by atoms with Gasteiger partial charge in [-0.3, -0.25) is 0 Å². The second-order valence-electron chi connectivity index (χ2n) is 6.20. The summed E-state index contributed by atoms with van der Waals surface area (Å²) in [5, 5.41) is 10.3. The number of rotatable bonds is 4. The molecular weight excluding hydrogens is 234 g/mol. The van der Waals surface area contributed by atoms with Gasteiger partial charge >= 0.3 is 0 Å². The van der Waals surface area contributed by atoms with Gasteiger partial charge in [0.25, 0.3) is 0 Å². The van der Waals surface area contributed by atoms with Crippen LogP contribution in [0.2, 0.25) is 0 Å². The van der Waals surface area contributed by atoms with Crippen molar-refractivity contribution in [2.75, 3.05) is 19.6 Å². The third kappa shape index (κ3) is 4.05. The van der Waals surface area contributed by atoms with Gasteiger partial charge in [-0.25, -0.2) is 0 Å². The van der Waals surface area contributed by atoms with E-state index in [0.29, 0.717) is 0 Å². The number of aliphatic hydroxyl groups is 1. The van der Waals surface area contributed by atoms with Gasteiger partial charge in [0.2, 0.25) is 0 Å². The van der Waals surface area contributed by atoms with E-state index in [9.17, 15) is 5.11 Å². The molecule has 1 aromatic carbocycles. The number of hydrogen-bond donors (Lipinski definition) is 1. The second kappa shape index (κ2) is 6.53. The smallest absolute Gasteiger partial charge is 0.0802 e. The molecule has 0 aliphatic carbocycles. The summed E-state index contributed by atoms with van der Waals surface area (Å²) in [5.74, 6) is 0.813. The SMILES string of the molecule is Cc1ccc(C(O)CCN2CCCC(C)C2)cc1C. The second-order valence-corrected chi connectivity index (χ2v) is 6.20. The molecule has 1 N–H and O–H groups in total. The van der Waals surface area contributed by atoms with Crippen LogP contribution >= 0.6 is 0 Å². The predicted molar refractivity (Wildman–Crippen MR) is 80.3 cm³/mol. The van der Waals surface area contributed by atoms with E-state index >= 15 is 0 Å². The summed E-state index contributed by atoms with van der Waals surface area (Å²) in [4.78, 5) is 2.50. The van der Waals surface area contributed by atoms with Crippen LogP contribution in [-0.4, -0.2) is 29.6 Å². The van der Waals surface area contributed by atoms with Crippen molar-refractivity contribution in [1.82, 2.24) is 4.90 Å². The van der Waals surface area contributed by atoms with E-state index < -0.39 is 0 Å². The third-order valence-electron chi connectivity index (χ3n) is 4.38. The van der Waals surface area contributed by atoms with Gasteiger partial charge < -0.3 is 10.0 Å². The molecular formula is C17H27NO. The average Bonchev–Trinajstić information content (AvgIpc) is 2.39. The highest BCUT2D eigenvalue weighted by Gasteiger charge is 2.17. The molecule has 1 aromatic rings. The Bertz CT molecular complexity index is 416. The van der Waals surface area contributed by atoms with E-state index in [0.717, 1.165) is 24.4 Å². The first-order valence-corrected chi connectivity index (χ1v) is 7.54. The van der Waals surface area contributed by atoms with Crippen molar-refractivity contribution >= 4 is 0 Å². The number of aliphatic hydroxyl groups excluding tert-OH is 1. The third-order valence-corrected chi connectivity index (χ3v) is 4.38. The lowest BCUT2D eigenvalue weighted by molar-refractivity contribution is 0.122. The quantitative estimate of drug-likeness (QED) is 0.897. The number of benzene rings is 1. The molecule has 1 fully saturated rings. The molecule has 2 atom stereocenters. The summed E-state index contributed by atoms with van der Waals surface area (Å²) in [5.41, 5.74) is 3.62. The van der Waals surface area contributed by atoms with Gasteiger partial charge in [-0.15, -0.1) is 0 Å². The van der Waals surface area contributed by atoms with Gasteiger partial charge in [0.15, 0.2) is 0 Å². The summed E-state index contributed by atoms with van der Waals surface area (Å²) in [6.45, 7) is 9.95. The first kappa shape index (κ1) is 14.5. The van der Waals surface area contributed by atoms with Crippen LogP contribution in [0.1, 0.15) is 49.0 Å². The Morgan fingerprint density at radius 1 is 1.32 bits per heavy atom. The largest absolute Gasteiger partial charge is 0.388 e. The number of aryl methyl sites for hydroxylation is 2. The Balaban J connectivity index is 1.86. The maximum atomic E-state index is 10.3. The van der Waals surface area contributed by atoms with Crippen LogP contribution in [0.4, 0.5) is 0 Å². The average molecular weight is 261 g/mol. The normalized spacial score (nSPS) is 22.4. The highest BCUT2D eigenvalue weighted by molar-refractivity contribution is 5.31. The maximum Gasteiger partial charge on any atom is 0.0802 e. The minimum absolute atomic E-state index is 0.323. The topological polar surface area (TPSA) is 23.5 Å². The van der Waals surface area contributed by atoms with Crippen LogP contribution in [0, 0.1) is 19.8 Å². The van der Waals surface area contributed by atoms with Crippen LogP contribution in [0.25, 0.3) is 0 Å². The van der Waals surface area contributed by atoms with Crippen molar-refractivity contribution in [3.05, 3.63) is 34.9 Å². The summed E-state index contributed by atoms with van der Waals surface area (Å²) in [7, 11) is 0. The van der Waals surface area contributed by atoms with Gasteiger partial charge in [0.1, 0.15) is 0 Å². The first-order chi connectivity index (χ1) is 9.06. The summed E-state index contributed by atoms with van der Waals surface area (Å²) >= 11 is 0. The number of piperidine rings is 1. The molecule has 1 aliphatic heterocycles. The molecule has 0 saturated carbocycles. The van der Waals surface area contributed by atoms with E-state index in [-0.39, 0.29) is 6.10 Å². The van der Waals surface area contributed by atoms with Crippen LogP contribution in [0.5, 0.6) is 0 Å². The Morgan fingerprint density at radius 2 is 2.11 bits per heavy atom. The van der Waals surface area contributed by atoms with E-state index in [1.807, 2.05) is 0 Å². The molecule has 1 aliphatic rings. The summed E-state index contributed by atoms with van der Waals surface area (Å²) in [6, 6.07) is 6.29. The standard InChI is InChI=1S/C17H27NO/c1-13-5-4-9-18(12-13)10-8-17(19)16-7-6-14(2)15(3)11-16/h6-7,11,13,17,19H,4-5,8-10,12H2,1-3H3. The molecule has 2 unspecified atom stereocenters. The number of likely N-dealkylation sites (tertiary alicyclic amines) is 1. The van der Waals surface area contributed by atoms with Crippen LogP contribution < -0.4 is 0 Å². The highest BCUT2D eigenvalue weighted by Crippen LogP contribution is 2.22. The first-order valence-electron chi connectivity index (χ1n) is 7.54. The van der Waals surface area contributed by atoms with Crippen LogP contribution in [-0.2, 0) is 0 Å². The zero-order valence-corrected chi connectivity index (χ0v) is 12.5. The van der Waals surface area contributed by atoms with Crippen molar-refractivity contribution in [2.45, 2.75) is 46.1 Å². The van der Waals surface area contributed by atoms with Crippen LogP contribution in [0.15, 0.2) is 18.2 Å². The zero-order valence-electron chi connectivity index (χ0n) is 12.5. The zero-order chi connectivity index (χ0) is 13.8. The molecule has 0 amide bonds. The van der Waals surface area contributed by atoms with E-state index in [1.165, 1.54) is 37.1 Å². The molecule has 0 bridgehead atoms. The van der Waals surface area contributed by atoms with Crippen LogP contribution in [0.3, 0.4) is 0 Å². The molecule has 2 heteroatoms. The molecule has 2 rings (SSSR count). The Kier molecular flexibility index (Phi) is 5.00. The van der Waals surface area contributed by atoms with Gasteiger partial charge in [-0.05, 0) is 62.3 Å². The van der Waals surface area contributed by atoms with Crippen molar-refractivity contribution in [3.8, 4) is 0 Å². The minimum Gasteiger partial charge on any atom is -0.388 e. The fourth-order valence-corrected chi connectivity index (χ4v) is 2.93. The van der Waals surface area contributed by atoms with E-state index in [4.69, 9.17) is 0 Å². The monoisotopic (exact) mass is 261 g/mol. The molecule has 0 aromatic heterocycles. The highest BCUT2D eigenvalue weighted by atomic mass is 16.3. The van der Waals surface area contributed by atoms with Crippen molar-refractivity contribution in [2.24, 2.45) is 5.92 Å². The van der Waals surface area contributed by atoms with Crippen molar-refractivity contribution in [3.63, 3.8) is 0 Å². The minimum atomic E-state index is -0.323. The lowest BCUT2D eigenvalue weighted by Gasteiger charge is -2.31. The van der Waals surface area contributed by atoms with Gasteiger partial charge in [-0.2, -0.15) is 0 Å². The Morgan fingerprint density at radius 3 is 2.79 bits per heavy atom. The Labute approximate surface area is 117 Å². The van der Waals surface area contributed by atoms with Gasteiger partial charge in [0.05, 0.1) is 6.10 Å². The predicted octanol–water partition coefficient (Wildman–Crippen LogP) is 3.46. The number of hydrogen-bond acceptors (Lipinski definition) is 2. The fourth-order valence-electron chi connectivity index (χ4n) is 2.93. The van der Waals surface area contributed by atoms with E-state index in [2.05, 4.69) is 43.9 Å². The molecule has 0 spiro atoms. The van der Waals surface area contributed by atoms with Crippen molar-refractivity contribution < 1.29 is 5.11 Å². The lowest BCUT2D eigenvalue weighted by Crippen LogP contribution is -2.35. The maximum absolute atomic E-state index is 10.3. The van der Waals surface area contributed by atoms with Crippen molar-refractivity contribution in [1.29, 1.82) is 0 Å².